The van der Waals surface area contributed by atoms with Crippen LogP contribution in [0.1, 0.15) is 105 Å². The third kappa shape index (κ3) is 5.88. The molecule has 0 N–H and O–H groups in total. The van der Waals surface area contributed by atoms with Crippen LogP contribution in [0.4, 0.5) is 0 Å². The number of rotatable bonds is 12. The van der Waals surface area contributed by atoms with Crippen molar-refractivity contribution in [2.45, 2.75) is 111 Å². The number of allylic oxidation sites excluding steroid dienone is 1. The molecule has 0 aromatic heterocycles. The van der Waals surface area contributed by atoms with Gasteiger partial charge in [0.15, 0.2) is 0 Å². The lowest BCUT2D eigenvalue weighted by Gasteiger charge is -2.58. The monoisotopic (exact) mass is 488 g/mol. The lowest BCUT2D eigenvalue weighted by Crippen LogP contribution is -2.51. The smallest absolute Gasteiger partial charge is 0.0704 e. The molecule has 0 heterocycles. The molecule has 0 spiro atoms. The summed E-state index contributed by atoms with van der Waals surface area (Å²) in [7, 11) is 1.72. The van der Waals surface area contributed by atoms with E-state index in [9.17, 15) is 0 Å². The Morgan fingerprint density at radius 1 is 0.914 bits per heavy atom. The van der Waals surface area contributed by atoms with E-state index in [1.807, 2.05) is 0 Å². The van der Waals surface area contributed by atoms with Crippen LogP contribution in [0.3, 0.4) is 0 Å². The van der Waals surface area contributed by atoms with Gasteiger partial charge in [0.2, 0.25) is 0 Å². The lowest BCUT2D eigenvalue weighted by molar-refractivity contribution is -0.0685. The van der Waals surface area contributed by atoms with E-state index in [0.717, 1.165) is 41.9 Å². The van der Waals surface area contributed by atoms with E-state index < -0.39 is 0 Å². The second-order valence-electron chi connectivity index (χ2n) is 13.6. The van der Waals surface area contributed by atoms with Crippen molar-refractivity contribution in [1.29, 1.82) is 0 Å². The average molecular weight is 489 g/mol. The second-order valence-corrected chi connectivity index (χ2v) is 13.6. The van der Waals surface area contributed by atoms with Crippen LogP contribution in [-0.2, 0) is 14.2 Å². The fraction of sp³-hybridized carbons (Fsp3) is 0.938. The Morgan fingerprint density at radius 3 is 2.49 bits per heavy atom. The zero-order chi connectivity index (χ0) is 25.1. The summed E-state index contributed by atoms with van der Waals surface area (Å²) in [5, 5.41) is 0. The summed E-state index contributed by atoms with van der Waals surface area (Å²) in [5.41, 5.74) is 2.74. The Balaban J connectivity index is 1.34. The number of hydrogen-bond acceptors (Lipinski definition) is 3. The highest BCUT2D eigenvalue weighted by Crippen LogP contribution is 2.67. The summed E-state index contributed by atoms with van der Waals surface area (Å²) in [6.07, 6.45) is 18.3. The summed E-state index contributed by atoms with van der Waals surface area (Å²) < 4.78 is 16.9. The Kier molecular flexibility index (Phi) is 9.47. The standard InChI is InChI=1S/C32H56O3/c1-23(2)8-7-9-24(3)28-12-13-29-27-11-10-25-22-26(35-21-20-34-19-18-33-6)14-16-31(25,4)30(27)15-17-32(28,29)5/h10,23-24,26-30H,7-9,11-22H2,1-6H3/t24-,26+,27+,28-,29+,30+,31+,32-/m1/s1. The van der Waals surface area contributed by atoms with Crippen LogP contribution < -0.4 is 0 Å². The van der Waals surface area contributed by atoms with Crippen LogP contribution in [0.2, 0.25) is 0 Å². The highest BCUT2D eigenvalue weighted by atomic mass is 16.5. The van der Waals surface area contributed by atoms with E-state index in [1.54, 1.807) is 12.7 Å². The summed E-state index contributed by atoms with van der Waals surface area (Å²) in [6.45, 7) is 15.4. The minimum Gasteiger partial charge on any atom is -0.382 e. The molecule has 4 aliphatic carbocycles. The fourth-order valence-corrected chi connectivity index (χ4v) is 9.31. The highest BCUT2D eigenvalue weighted by Gasteiger charge is 2.59. The molecule has 0 unspecified atom stereocenters. The first-order valence-corrected chi connectivity index (χ1v) is 15.2. The molecule has 3 fully saturated rings. The molecule has 0 saturated heterocycles. The van der Waals surface area contributed by atoms with Gasteiger partial charge in [-0.1, -0.05) is 65.5 Å². The normalized spacial score (nSPS) is 39.6. The van der Waals surface area contributed by atoms with Gasteiger partial charge in [-0.25, -0.2) is 0 Å². The molecule has 4 rings (SSSR count). The average Bonchev–Trinajstić information content (AvgIpc) is 3.18. The van der Waals surface area contributed by atoms with Crippen molar-refractivity contribution in [2.75, 3.05) is 33.5 Å². The molecule has 35 heavy (non-hydrogen) atoms. The fourth-order valence-electron chi connectivity index (χ4n) is 9.31. The summed E-state index contributed by atoms with van der Waals surface area (Å²) in [4.78, 5) is 0. The van der Waals surface area contributed by atoms with Gasteiger partial charge < -0.3 is 14.2 Å². The van der Waals surface area contributed by atoms with Crippen LogP contribution in [0.25, 0.3) is 0 Å². The van der Waals surface area contributed by atoms with Crippen molar-refractivity contribution < 1.29 is 14.2 Å². The maximum Gasteiger partial charge on any atom is 0.0704 e. The molecule has 4 aliphatic rings. The van der Waals surface area contributed by atoms with Gasteiger partial charge in [0.05, 0.1) is 32.5 Å². The predicted molar refractivity (Wildman–Crippen MR) is 145 cm³/mol. The predicted octanol–water partition coefficient (Wildman–Crippen LogP) is 8.08. The molecular formula is C32H56O3. The van der Waals surface area contributed by atoms with Crippen molar-refractivity contribution in [3.05, 3.63) is 11.6 Å². The minimum atomic E-state index is 0.383. The molecule has 0 aliphatic heterocycles. The first kappa shape index (κ1) is 27.6. The van der Waals surface area contributed by atoms with Crippen molar-refractivity contribution in [3.8, 4) is 0 Å². The van der Waals surface area contributed by atoms with E-state index in [1.165, 1.54) is 64.2 Å². The number of hydrogen-bond donors (Lipinski definition) is 0. The molecule has 0 aromatic rings. The Hall–Kier alpha value is -0.380. The van der Waals surface area contributed by atoms with Crippen molar-refractivity contribution in [3.63, 3.8) is 0 Å². The van der Waals surface area contributed by atoms with Crippen LogP contribution in [0, 0.1) is 46.3 Å². The van der Waals surface area contributed by atoms with Crippen LogP contribution in [0.15, 0.2) is 11.6 Å². The maximum absolute atomic E-state index is 6.26. The van der Waals surface area contributed by atoms with Crippen molar-refractivity contribution in [2.24, 2.45) is 46.3 Å². The van der Waals surface area contributed by atoms with E-state index in [-0.39, 0.29) is 0 Å². The largest absolute Gasteiger partial charge is 0.382 e. The molecule has 0 aromatic carbocycles. The van der Waals surface area contributed by atoms with E-state index in [2.05, 4.69) is 40.7 Å². The van der Waals surface area contributed by atoms with Gasteiger partial charge in [0.1, 0.15) is 0 Å². The molecule has 3 nitrogen and oxygen atoms in total. The zero-order valence-electron chi connectivity index (χ0n) is 24.0. The van der Waals surface area contributed by atoms with Gasteiger partial charge in [-0.05, 0) is 97.7 Å². The molecular weight excluding hydrogens is 432 g/mol. The van der Waals surface area contributed by atoms with Crippen LogP contribution in [0.5, 0.6) is 0 Å². The van der Waals surface area contributed by atoms with Crippen molar-refractivity contribution in [1.82, 2.24) is 0 Å². The first-order valence-electron chi connectivity index (χ1n) is 15.2. The molecule has 3 saturated carbocycles. The van der Waals surface area contributed by atoms with Gasteiger partial charge in [-0.2, -0.15) is 0 Å². The topological polar surface area (TPSA) is 27.7 Å². The van der Waals surface area contributed by atoms with Crippen LogP contribution in [-0.4, -0.2) is 39.6 Å². The molecule has 202 valence electrons. The second kappa shape index (κ2) is 12.0. The minimum absolute atomic E-state index is 0.383. The Labute approximate surface area is 217 Å². The summed E-state index contributed by atoms with van der Waals surface area (Å²) in [6, 6.07) is 0. The van der Waals surface area contributed by atoms with Crippen LogP contribution >= 0.6 is 0 Å². The number of ether oxygens (including phenoxy) is 3. The van der Waals surface area contributed by atoms with Gasteiger partial charge in [-0.3, -0.25) is 0 Å². The molecule has 0 bridgehead atoms. The Morgan fingerprint density at radius 2 is 1.71 bits per heavy atom. The molecule has 0 amide bonds. The number of fused-ring (bicyclic) bond motifs is 5. The molecule has 0 radical (unpaired) electrons. The molecule has 8 atom stereocenters. The van der Waals surface area contributed by atoms with E-state index in [4.69, 9.17) is 14.2 Å². The maximum atomic E-state index is 6.26. The SMILES string of the molecule is COCCOCCO[C@H]1CC[C@@]2(C)C(=CC[C@H]3[C@@H]4CC[C@H]([C@H](C)CCCC(C)C)[C@@]4(C)CC[C@@H]32)C1. The van der Waals surface area contributed by atoms with Crippen molar-refractivity contribution >= 4 is 0 Å². The quantitative estimate of drug-likeness (QED) is 0.205. The van der Waals surface area contributed by atoms with Gasteiger partial charge in [0.25, 0.3) is 0 Å². The third-order valence-electron chi connectivity index (χ3n) is 11.3. The molecule has 3 heteroatoms. The highest BCUT2D eigenvalue weighted by molar-refractivity contribution is 5.25. The zero-order valence-corrected chi connectivity index (χ0v) is 24.0. The van der Waals surface area contributed by atoms with E-state index >= 15 is 0 Å². The van der Waals surface area contributed by atoms with Gasteiger partial charge in [-0.15, -0.1) is 0 Å². The summed E-state index contributed by atoms with van der Waals surface area (Å²) in [5.74, 6) is 5.47. The van der Waals surface area contributed by atoms with Gasteiger partial charge in [0, 0.05) is 7.11 Å². The third-order valence-corrected chi connectivity index (χ3v) is 11.3. The van der Waals surface area contributed by atoms with Gasteiger partial charge >= 0.3 is 0 Å². The summed E-state index contributed by atoms with van der Waals surface area (Å²) >= 11 is 0. The first-order chi connectivity index (χ1) is 16.8. The number of methoxy groups -OCH3 is 1. The lowest BCUT2D eigenvalue weighted by atomic mass is 9.47. The van der Waals surface area contributed by atoms with E-state index in [0.29, 0.717) is 43.4 Å². The Bertz CT molecular complexity index is 701.